The molecule has 292 valence electrons. The van der Waals surface area contributed by atoms with Gasteiger partial charge in [0.1, 0.15) is 0 Å². The van der Waals surface area contributed by atoms with Gasteiger partial charge in [-0.1, -0.05) is 69.3 Å². The van der Waals surface area contributed by atoms with Gasteiger partial charge < -0.3 is 4.55 Å². The first-order valence-corrected chi connectivity index (χ1v) is 16.3. The van der Waals surface area contributed by atoms with Gasteiger partial charge in [-0.05, 0) is 47.4 Å². The Hall–Kier alpha value is -3.27. The average Bonchev–Trinajstić information content (AvgIpc) is 3.00. The van der Waals surface area contributed by atoms with Crippen molar-refractivity contribution in [2.24, 2.45) is 0 Å². The number of hydrogen-bond acceptors (Lipinski definition) is 3. The van der Waals surface area contributed by atoms with Crippen molar-refractivity contribution in [3.63, 3.8) is 0 Å². The van der Waals surface area contributed by atoms with Crippen LogP contribution in [0.15, 0.2) is 99.6 Å². The Morgan fingerprint density at radius 1 is 0.442 bits per heavy atom. The van der Waals surface area contributed by atoms with Crippen LogP contribution >= 0.6 is 0 Å². The fourth-order valence-electron chi connectivity index (χ4n) is 3.92. The molecule has 3 aromatic rings. The molecule has 0 aliphatic heterocycles. The lowest BCUT2D eigenvalue weighted by Crippen LogP contribution is -2.75. The molecule has 0 spiro atoms. The number of alkyl halides is 17. The summed E-state index contributed by atoms with van der Waals surface area (Å²) >= 11 is 0. The van der Waals surface area contributed by atoms with Crippen LogP contribution in [0.2, 0.25) is 0 Å². The minimum Gasteiger partial charge on any atom is -0.743 e. The summed E-state index contributed by atoms with van der Waals surface area (Å²) in [5.41, 5.74) is 1.57. The molecule has 0 atom stereocenters. The molecule has 0 aromatic heterocycles. The van der Waals surface area contributed by atoms with Crippen molar-refractivity contribution >= 4 is 21.0 Å². The summed E-state index contributed by atoms with van der Waals surface area (Å²) < 4.78 is 244. The van der Waals surface area contributed by atoms with Crippen molar-refractivity contribution in [2.45, 2.75) is 87.8 Å². The highest BCUT2D eigenvalue weighted by Crippen LogP contribution is 2.64. The zero-order valence-corrected chi connectivity index (χ0v) is 27.7. The monoisotopic (exact) mass is 818 g/mol. The molecule has 0 fully saturated rings. The lowest BCUT2D eigenvalue weighted by atomic mass is 9.87. The van der Waals surface area contributed by atoms with Crippen molar-refractivity contribution in [3.05, 3.63) is 90.5 Å². The minimum atomic E-state index is -8.92. The predicted molar refractivity (Wildman–Crippen MR) is 151 cm³/mol. The largest absolute Gasteiger partial charge is 0.743 e. The van der Waals surface area contributed by atoms with Crippen molar-refractivity contribution < 1.29 is 87.6 Å². The summed E-state index contributed by atoms with van der Waals surface area (Å²) in [5, 5.41) is -7.95. The number of benzene rings is 3. The molecule has 0 bridgehead atoms. The number of hydrogen-bond donors (Lipinski definition) is 0. The predicted octanol–water partition coefficient (Wildman–Crippen LogP) is 10.6. The van der Waals surface area contributed by atoms with Crippen LogP contribution in [-0.4, -0.2) is 59.9 Å². The summed E-state index contributed by atoms with van der Waals surface area (Å²) in [6, 6.07) is 30.7. The highest BCUT2D eigenvalue weighted by atomic mass is 32.2. The number of halogens is 17. The maximum absolute atomic E-state index is 13.0. The zero-order chi connectivity index (χ0) is 40.8. The molecule has 0 N–H and O–H groups in total. The molecule has 52 heavy (non-hydrogen) atoms. The molecule has 3 nitrogen and oxygen atoms in total. The van der Waals surface area contributed by atoms with Crippen LogP contribution in [0.3, 0.4) is 0 Å². The number of rotatable bonds is 10. The molecule has 3 aromatic carbocycles. The first-order chi connectivity index (χ1) is 23.1. The lowest BCUT2D eigenvalue weighted by molar-refractivity contribution is -0.458. The van der Waals surface area contributed by atoms with E-state index < -0.39 is 57.1 Å². The van der Waals surface area contributed by atoms with Gasteiger partial charge >= 0.3 is 47.0 Å². The van der Waals surface area contributed by atoms with Crippen molar-refractivity contribution in [1.29, 1.82) is 0 Å². The maximum Gasteiger partial charge on any atom is 0.460 e. The van der Waals surface area contributed by atoms with Crippen molar-refractivity contribution in [2.75, 3.05) is 0 Å². The summed E-state index contributed by atoms with van der Waals surface area (Å²) in [6.45, 7) is 6.78. The molecular formula is C30H23F17O3S2. The van der Waals surface area contributed by atoms with Gasteiger partial charge in [0, 0.05) is 0 Å². The average molecular weight is 819 g/mol. The topological polar surface area (TPSA) is 57.2 Å². The lowest BCUT2D eigenvalue weighted by Gasteiger charge is -2.42. The molecule has 0 aliphatic rings. The van der Waals surface area contributed by atoms with Crippen LogP contribution in [0.4, 0.5) is 74.6 Å². The molecule has 0 saturated carbocycles. The van der Waals surface area contributed by atoms with Gasteiger partial charge in [-0.3, -0.25) is 0 Å². The van der Waals surface area contributed by atoms with Crippen LogP contribution in [-0.2, 0) is 26.4 Å². The Bertz CT molecular complexity index is 1720. The van der Waals surface area contributed by atoms with Gasteiger partial charge in [-0.25, -0.2) is 8.42 Å². The quantitative estimate of drug-likeness (QED) is 0.116. The molecule has 0 radical (unpaired) electrons. The van der Waals surface area contributed by atoms with Crippen LogP contribution in [0.5, 0.6) is 0 Å². The van der Waals surface area contributed by atoms with E-state index in [4.69, 9.17) is 0 Å². The van der Waals surface area contributed by atoms with E-state index in [1.807, 2.05) is 0 Å². The molecule has 0 unspecified atom stereocenters. The Balaban J connectivity index is 0.000000367. The van der Waals surface area contributed by atoms with E-state index in [9.17, 15) is 87.6 Å². The molecule has 3 rings (SSSR count). The first kappa shape index (κ1) is 44.9. The van der Waals surface area contributed by atoms with E-state index in [2.05, 4.69) is 106 Å². The second kappa shape index (κ2) is 14.2. The minimum absolute atomic E-state index is 0.0497. The molecule has 0 saturated heterocycles. The van der Waals surface area contributed by atoms with Crippen LogP contribution in [0, 0.1) is 0 Å². The van der Waals surface area contributed by atoms with Gasteiger partial charge in [0.25, 0.3) is 0 Å². The first-order valence-electron chi connectivity index (χ1n) is 13.7. The maximum atomic E-state index is 13.0. The summed E-state index contributed by atoms with van der Waals surface area (Å²) in [5.74, 6) is -52.1. The zero-order valence-electron chi connectivity index (χ0n) is 26.0. The van der Waals surface area contributed by atoms with Gasteiger partial charge in [0.2, 0.25) is 0 Å². The fraction of sp³-hybridized carbons (Fsp3) is 0.400. The molecule has 0 aliphatic carbocycles. The highest BCUT2D eigenvalue weighted by Gasteiger charge is 2.95. The standard InChI is InChI=1S/C22H23S.C8HF17O3S/c1-22(2,3)18-14-16-21(17-15-18)23(19-10-6-4-7-11-19)20-12-8-5-9-13-20;9-1(10,3(13,14)5(17,18)7(21,22)23)2(11,12)4(15,16)6(19,20)8(24,25)29(26,27)28/h4-17H,1-3H3;(H,26,27,28)/q+1;/p-1. The summed E-state index contributed by atoms with van der Waals surface area (Å²) in [4.78, 5) is 4.10. The van der Waals surface area contributed by atoms with Crippen LogP contribution in [0.25, 0.3) is 0 Å². The van der Waals surface area contributed by atoms with Crippen LogP contribution in [0.1, 0.15) is 26.3 Å². The highest BCUT2D eigenvalue weighted by molar-refractivity contribution is 7.97. The van der Waals surface area contributed by atoms with E-state index in [-0.39, 0.29) is 16.3 Å². The van der Waals surface area contributed by atoms with E-state index in [0.717, 1.165) is 0 Å². The normalized spacial score (nSPS) is 14.6. The third kappa shape index (κ3) is 7.69. The summed E-state index contributed by atoms with van der Waals surface area (Å²) in [7, 11) is -8.19. The van der Waals surface area contributed by atoms with E-state index in [0.29, 0.717) is 0 Å². The second-order valence-electron chi connectivity index (χ2n) is 11.6. The molecule has 22 heteroatoms. The van der Waals surface area contributed by atoms with Gasteiger partial charge in [-0.2, -0.15) is 74.6 Å². The van der Waals surface area contributed by atoms with Crippen LogP contribution < -0.4 is 0 Å². The van der Waals surface area contributed by atoms with Gasteiger partial charge in [0.05, 0.1) is 10.9 Å². The van der Waals surface area contributed by atoms with E-state index in [1.54, 1.807) is 0 Å². The van der Waals surface area contributed by atoms with Gasteiger partial charge in [-0.15, -0.1) is 0 Å². The molecule has 0 heterocycles. The Morgan fingerprint density at radius 2 is 0.731 bits per heavy atom. The van der Waals surface area contributed by atoms with Crippen molar-refractivity contribution in [3.8, 4) is 0 Å². The van der Waals surface area contributed by atoms with Gasteiger partial charge in [0.15, 0.2) is 24.8 Å². The van der Waals surface area contributed by atoms with E-state index in [1.165, 1.54) is 20.2 Å². The summed E-state index contributed by atoms with van der Waals surface area (Å²) in [6.07, 6.45) is -7.89. The molecule has 0 amide bonds. The fourth-order valence-corrected chi connectivity index (χ4v) is 6.44. The SMILES string of the molecule is CC(C)(C)c1ccc([S+](c2ccccc2)c2ccccc2)cc1.O=S(=O)([O-])C(F)(F)C(F)(F)C(F)(F)C(F)(F)C(F)(F)C(F)(F)C(F)(F)C(F)(F)F. The second-order valence-corrected chi connectivity index (χ2v) is 15.1. The Kier molecular flexibility index (Phi) is 12.2. The Labute approximate surface area is 286 Å². The Morgan fingerprint density at radius 3 is 1.02 bits per heavy atom. The third-order valence-electron chi connectivity index (χ3n) is 6.92. The van der Waals surface area contributed by atoms with E-state index >= 15 is 0 Å². The molecular weight excluding hydrogens is 795 g/mol. The smallest absolute Gasteiger partial charge is 0.460 e. The van der Waals surface area contributed by atoms with Crippen molar-refractivity contribution in [1.82, 2.24) is 0 Å². The third-order valence-corrected chi connectivity index (χ3v) is 10.0.